The highest BCUT2D eigenvalue weighted by atomic mass is 32.2. The molecule has 3 rings (SSSR count). The maximum Gasteiger partial charge on any atom is 0.325 e. The number of nitrogens with zero attached hydrogens (tertiary/aromatic N) is 2. The number of aliphatic carboxylic acids is 1. The van der Waals surface area contributed by atoms with Gasteiger partial charge >= 0.3 is 5.97 Å². The fourth-order valence-electron chi connectivity index (χ4n) is 2.46. The van der Waals surface area contributed by atoms with Gasteiger partial charge in [-0.2, -0.15) is 5.10 Å². The van der Waals surface area contributed by atoms with Crippen molar-refractivity contribution in [2.45, 2.75) is 17.3 Å². The minimum Gasteiger partial charge on any atom is -0.480 e. The van der Waals surface area contributed by atoms with Crippen LogP contribution in [0.3, 0.4) is 0 Å². The van der Waals surface area contributed by atoms with Crippen LogP contribution in [0.1, 0.15) is 5.56 Å². The smallest absolute Gasteiger partial charge is 0.325 e. The van der Waals surface area contributed by atoms with Gasteiger partial charge in [0, 0.05) is 5.39 Å². The van der Waals surface area contributed by atoms with Crippen molar-refractivity contribution in [3.8, 4) is 0 Å². The van der Waals surface area contributed by atoms with Crippen molar-refractivity contribution in [1.29, 1.82) is 0 Å². The first-order chi connectivity index (χ1) is 11.4. The summed E-state index contributed by atoms with van der Waals surface area (Å²) in [5.74, 6) is -2.07. The molecule has 1 heterocycles. The first-order valence-corrected chi connectivity index (χ1v) is 8.66. The Morgan fingerprint density at radius 2 is 1.88 bits per heavy atom. The van der Waals surface area contributed by atoms with Crippen LogP contribution in [0, 0.1) is 5.82 Å². The first-order valence-electron chi connectivity index (χ1n) is 7.01. The molecule has 1 N–H and O–H groups in total. The zero-order chi connectivity index (χ0) is 17.3. The number of carboxylic acid groups (broad SMARTS) is 1. The second kappa shape index (κ2) is 6.04. The van der Waals surface area contributed by atoms with Crippen LogP contribution < -0.4 is 0 Å². The third-order valence-corrected chi connectivity index (χ3v) is 5.06. The van der Waals surface area contributed by atoms with Crippen LogP contribution in [-0.4, -0.2) is 29.3 Å². The van der Waals surface area contributed by atoms with Crippen LogP contribution in [0.5, 0.6) is 0 Å². The largest absolute Gasteiger partial charge is 0.480 e. The van der Waals surface area contributed by atoms with E-state index in [9.17, 15) is 17.6 Å². The lowest BCUT2D eigenvalue weighted by atomic mass is 10.2. The zero-order valence-electron chi connectivity index (χ0n) is 12.4. The summed E-state index contributed by atoms with van der Waals surface area (Å²) in [5, 5.41) is 12.8. The summed E-state index contributed by atoms with van der Waals surface area (Å²) < 4.78 is 39.8. The van der Waals surface area contributed by atoms with Gasteiger partial charge in [-0.3, -0.25) is 9.48 Å². The summed E-state index contributed by atoms with van der Waals surface area (Å²) in [6.45, 7) is -0.555. The van der Waals surface area contributed by atoms with Gasteiger partial charge in [0.25, 0.3) is 0 Å². The Labute approximate surface area is 137 Å². The molecule has 0 saturated carbocycles. The van der Waals surface area contributed by atoms with Gasteiger partial charge in [0.15, 0.2) is 5.03 Å². The van der Waals surface area contributed by atoms with Gasteiger partial charge in [-0.15, -0.1) is 0 Å². The predicted octanol–water partition coefficient (Wildman–Crippen LogP) is 2.23. The second-order valence-corrected chi connectivity index (χ2v) is 7.17. The van der Waals surface area contributed by atoms with Crippen molar-refractivity contribution in [1.82, 2.24) is 9.78 Å². The molecule has 0 aliphatic rings. The maximum absolute atomic E-state index is 13.5. The lowest BCUT2D eigenvalue weighted by molar-refractivity contribution is -0.137. The molecule has 0 radical (unpaired) electrons. The van der Waals surface area contributed by atoms with E-state index in [0.717, 1.165) is 16.8 Å². The standard InChI is InChI=1S/C16H13FN2O4S/c17-12-6-7-13-14(8-12)19(9-15(20)21)18-16(13)24(22,23)10-11-4-2-1-3-5-11/h1-8H,9-10H2,(H,20,21). The maximum atomic E-state index is 13.5. The van der Waals surface area contributed by atoms with Gasteiger partial charge in [0.1, 0.15) is 12.4 Å². The van der Waals surface area contributed by atoms with E-state index in [1.807, 2.05) is 0 Å². The molecule has 0 spiro atoms. The van der Waals surface area contributed by atoms with Crippen molar-refractivity contribution >= 4 is 26.7 Å². The van der Waals surface area contributed by atoms with Crippen LogP contribution >= 0.6 is 0 Å². The van der Waals surface area contributed by atoms with E-state index in [2.05, 4.69) is 5.10 Å². The van der Waals surface area contributed by atoms with Crippen LogP contribution in [0.2, 0.25) is 0 Å². The third kappa shape index (κ3) is 3.13. The van der Waals surface area contributed by atoms with Crippen LogP contribution in [0.15, 0.2) is 53.6 Å². The molecule has 0 amide bonds. The SMILES string of the molecule is O=C(O)Cn1nc(S(=O)(=O)Cc2ccccc2)c2ccc(F)cc21. The van der Waals surface area contributed by atoms with E-state index in [-0.39, 0.29) is 21.7 Å². The van der Waals surface area contributed by atoms with Crippen molar-refractivity contribution in [3.63, 3.8) is 0 Å². The lowest BCUT2D eigenvalue weighted by Gasteiger charge is -2.02. The van der Waals surface area contributed by atoms with Gasteiger partial charge < -0.3 is 5.11 Å². The van der Waals surface area contributed by atoms with Crippen molar-refractivity contribution in [2.24, 2.45) is 0 Å². The summed E-state index contributed by atoms with van der Waals surface area (Å²) >= 11 is 0. The molecule has 1 aromatic heterocycles. The lowest BCUT2D eigenvalue weighted by Crippen LogP contribution is -2.12. The predicted molar refractivity (Wildman–Crippen MR) is 84.7 cm³/mol. The van der Waals surface area contributed by atoms with E-state index in [4.69, 9.17) is 5.11 Å². The molecule has 0 saturated heterocycles. The summed E-state index contributed by atoms with van der Waals surface area (Å²) in [6, 6.07) is 12.1. The number of carboxylic acids is 1. The number of benzene rings is 2. The van der Waals surface area contributed by atoms with E-state index in [1.54, 1.807) is 30.3 Å². The summed E-state index contributed by atoms with van der Waals surface area (Å²) in [5.41, 5.74) is 0.713. The summed E-state index contributed by atoms with van der Waals surface area (Å²) in [7, 11) is -3.82. The van der Waals surface area contributed by atoms with Crippen molar-refractivity contribution in [2.75, 3.05) is 0 Å². The van der Waals surface area contributed by atoms with Gasteiger partial charge in [0.05, 0.1) is 11.3 Å². The molecular weight excluding hydrogens is 335 g/mol. The molecule has 0 fully saturated rings. The first kappa shape index (κ1) is 16.1. The molecule has 0 aliphatic heterocycles. The number of sulfone groups is 1. The normalized spacial score (nSPS) is 11.7. The number of fused-ring (bicyclic) bond motifs is 1. The average Bonchev–Trinajstić information content (AvgIpc) is 2.86. The third-order valence-electron chi connectivity index (χ3n) is 3.46. The number of hydrogen-bond acceptors (Lipinski definition) is 4. The zero-order valence-corrected chi connectivity index (χ0v) is 13.2. The minimum atomic E-state index is -3.82. The molecule has 3 aromatic rings. The van der Waals surface area contributed by atoms with E-state index in [1.165, 1.54) is 6.07 Å². The van der Waals surface area contributed by atoms with Gasteiger partial charge in [-0.1, -0.05) is 30.3 Å². The number of rotatable bonds is 5. The van der Waals surface area contributed by atoms with Gasteiger partial charge in [-0.05, 0) is 23.8 Å². The topological polar surface area (TPSA) is 89.3 Å². The van der Waals surface area contributed by atoms with Crippen LogP contribution in [0.25, 0.3) is 10.9 Å². The molecule has 24 heavy (non-hydrogen) atoms. The molecule has 0 bridgehead atoms. The van der Waals surface area contributed by atoms with Gasteiger partial charge in [-0.25, -0.2) is 12.8 Å². The Balaban J connectivity index is 2.13. The Bertz CT molecular complexity index is 1010. The average molecular weight is 348 g/mol. The Morgan fingerprint density at radius 1 is 1.17 bits per heavy atom. The molecule has 124 valence electrons. The summed E-state index contributed by atoms with van der Waals surface area (Å²) in [4.78, 5) is 10.9. The molecule has 0 unspecified atom stereocenters. The van der Waals surface area contributed by atoms with Gasteiger partial charge in [0.2, 0.25) is 9.84 Å². The highest BCUT2D eigenvalue weighted by Crippen LogP contribution is 2.26. The molecule has 0 aliphatic carbocycles. The monoisotopic (exact) mass is 348 g/mol. The fraction of sp³-hybridized carbons (Fsp3) is 0.125. The fourth-order valence-corrected chi connectivity index (χ4v) is 3.96. The Kier molecular flexibility index (Phi) is 4.06. The number of hydrogen-bond donors (Lipinski definition) is 1. The Hall–Kier alpha value is -2.74. The highest BCUT2D eigenvalue weighted by Gasteiger charge is 2.24. The molecule has 8 heteroatoms. The second-order valence-electron chi connectivity index (χ2n) is 5.26. The van der Waals surface area contributed by atoms with E-state index >= 15 is 0 Å². The quantitative estimate of drug-likeness (QED) is 0.764. The minimum absolute atomic E-state index is 0.129. The number of carbonyl (C=O) groups is 1. The number of halogens is 1. The Morgan fingerprint density at radius 3 is 2.54 bits per heavy atom. The summed E-state index contributed by atoms with van der Waals surface area (Å²) in [6.07, 6.45) is 0. The number of aromatic nitrogens is 2. The van der Waals surface area contributed by atoms with E-state index in [0.29, 0.717) is 5.56 Å². The van der Waals surface area contributed by atoms with E-state index < -0.39 is 28.2 Å². The van der Waals surface area contributed by atoms with Crippen molar-refractivity contribution < 1.29 is 22.7 Å². The molecule has 0 atom stereocenters. The van der Waals surface area contributed by atoms with Crippen LogP contribution in [0.4, 0.5) is 4.39 Å². The van der Waals surface area contributed by atoms with Crippen molar-refractivity contribution in [3.05, 3.63) is 59.9 Å². The molecule has 6 nitrogen and oxygen atoms in total. The molecule has 2 aromatic carbocycles. The highest BCUT2D eigenvalue weighted by molar-refractivity contribution is 7.90. The molecular formula is C16H13FN2O4S. The van der Waals surface area contributed by atoms with Crippen LogP contribution in [-0.2, 0) is 26.9 Å².